The quantitative estimate of drug-likeness (QED) is 0.573. The first-order chi connectivity index (χ1) is 13.3. The molecule has 0 spiro atoms. The average Bonchev–Trinajstić information content (AvgIpc) is 3.05. The molecule has 144 valence electrons. The van der Waals surface area contributed by atoms with Crippen molar-refractivity contribution in [1.29, 1.82) is 0 Å². The SMILES string of the molecule is Cc1ccc(S(=O)(=O)NC(C)C)cc1-c1nnc2c3ccccc3c(C)nn12. The second-order valence-electron chi connectivity index (χ2n) is 7.14. The van der Waals surface area contributed by atoms with Crippen LogP contribution in [0.25, 0.3) is 27.8 Å². The molecule has 2 aromatic carbocycles. The normalized spacial score (nSPS) is 12.3. The van der Waals surface area contributed by atoms with Crippen molar-refractivity contribution < 1.29 is 8.42 Å². The van der Waals surface area contributed by atoms with Gasteiger partial charge in [-0.2, -0.15) is 9.61 Å². The summed E-state index contributed by atoms with van der Waals surface area (Å²) in [6.07, 6.45) is 0. The zero-order valence-electron chi connectivity index (χ0n) is 16.1. The molecule has 0 aliphatic rings. The van der Waals surface area contributed by atoms with Crippen LogP contribution in [0.15, 0.2) is 47.4 Å². The minimum Gasteiger partial charge on any atom is -0.209 e. The van der Waals surface area contributed by atoms with Crippen molar-refractivity contribution in [1.82, 2.24) is 24.5 Å². The highest BCUT2D eigenvalue weighted by Crippen LogP contribution is 2.28. The molecular formula is C20H21N5O2S. The van der Waals surface area contributed by atoms with Crippen LogP contribution >= 0.6 is 0 Å². The number of sulfonamides is 1. The molecule has 0 saturated carbocycles. The van der Waals surface area contributed by atoms with Crippen molar-refractivity contribution in [3.05, 3.63) is 53.7 Å². The smallest absolute Gasteiger partial charge is 0.209 e. The zero-order chi connectivity index (χ0) is 20.1. The molecule has 0 atom stereocenters. The fraction of sp³-hybridized carbons (Fsp3) is 0.250. The van der Waals surface area contributed by atoms with Gasteiger partial charge in [0.15, 0.2) is 11.5 Å². The van der Waals surface area contributed by atoms with Crippen molar-refractivity contribution in [2.24, 2.45) is 0 Å². The van der Waals surface area contributed by atoms with Crippen LogP contribution in [0.3, 0.4) is 0 Å². The Morgan fingerprint density at radius 1 is 1.00 bits per heavy atom. The van der Waals surface area contributed by atoms with Crippen LogP contribution in [0.2, 0.25) is 0 Å². The molecule has 0 aliphatic heterocycles. The van der Waals surface area contributed by atoms with E-state index in [4.69, 9.17) is 0 Å². The Kier molecular flexibility index (Phi) is 4.40. The van der Waals surface area contributed by atoms with Crippen molar-refractivity contribution in [3.63, 3.8) is 0 Å². The highest BCUT2D eigenvalue weighted by atomic mass is 32.2. The molecule has 2 heterocycles. The highest BCUT2D eigenvalue weighted by Gasteiger charge is 2.20. The molecule has 0 unspecified atom stereocenters. The molecule has 2 aromatic heterocycles. The topological polar surface area (TPSA) is 89.2 Å². The molecule has 0 radical (unpaired) electrons. The predicted octanol–water partition coefficient (Wildman–Crippen LogP) is 3.25. The van der Waals surface area contributed by atoms with Crippen molar-refractivity contribution in [2.75, 3.05) is 0 Å². The lowest BCUT2D eigenvalue weighted by atomic mass is 10.1. The van der Waals surface area contributed by atoms with Gasteiger partial charge in [-0.1, -0.05) is 30.3 Å². The van der Waals surface area contributed by atoms with Gasteiger partial charge in [-0.3, -0.25) is 0 Å². The van der Waals surface area contributed by atoms with Crippen LogP contribution in [0.4, 0.5) is 0 Å². The molecule has 0 saturated heterocycles. The number of aromatic nitrogens is 4. The summed E-state index contributed by atoms with van der Waals surface area (Å²) in [5.41, 5.74) is 3.07. The monoisotopic (exact) mass is 395 g/mol. The molecule has 0 aliphatic carbocycles. The van der Waals surface area contributed by atoms with Gasteiger partial charge < -0.3 is 0 Å². The van der Waals surface area contributed by atoms with Gasteiger partial charge in [0.25, 0.3) is 0 Å². The van der Waals surface area contributed by atoms with Crippen LogP contribution in [-0.2, 0) is 10.0 Å². The van der Waals surface area contributed by atoms with E-state index in [0.717, 1.165) is 22.0 Å². The van der Waals surface area contributed by atoms with Crippen molar-refractivity contribution >= 4 is 26.4 Å². The lowest BCUT2D eigenvalue weighted by molar-refractivity contribution is 0.570. The molecule has 4 aromatic rings. The predicted molar refractivity (Wildman–Crippen MR) is 109 cm³/mol. The van der Waals surface area contributed by atoms with E-state index in [1.54, 1.807) is 36.6 Å². The van der Waals surface area contributed by atoms with Crippen molar-refractivity contribution in [3.8, 4) is 11.4 Å². The number of hydrogen-bond donors (Lipinski definition) is 1. The second-order valence-corrected chi connectivity index (χ2v) is 8.86. The Labute approximate surface area is 163 Å². The number of hydrogen-bond acceptors (Lipinski definition) is 5. The maximum absolute atomic E-state index is 12.6. The highest BCUT2D eigenvalue weighted by molar-refractivity contribution is 7.89. The van der Waals surface area contributed by atoms with Gasteiger partial charge in [0, 0.05) is 22.4 Å². The molecule has 0 fully saturated rings. The van der Waals surface area contributed by atoms with Crippen LogP contribution < -0.4 is 4.72 Å². The van der Waals surface area contributed by atoms with Gasteiger partial charge in [-0.15, -0.1) is 10.2 Å². The number of rotatable bonds is 4. The first kappa shape index (κ1) is 18.5. The molecule has 28 heavy (non-hydrogen) atoms. The van der Waals surface area contributed by atoms with E-state index in [-0.39, 0.29) is 10.9 Å². The maximum atomic E-state index is 12.6. The van der Waals surface area contributed by atoms with Crippen LogP contribution in [0, 0.1) is 13.8 Å². The summed E-state index contributed by atoms with van der Waals surface area (Å²) in [6.45, 7) is 7.43. The number of benzene rings is 2. The lowest BCUT2D eigenvalue weighted by Crippen LogP contribution is -2.30. The zero-order valence-corrected chi connectivity index (χ0v) is 16.9. The van der Waals surface area contributed by atoms with Crippen LogP contribution in [0.5, 0.6) is 0 Å². The Bertz CT molecular complexity index is 1310. The van der Waals surface area contributed by atoms with Gasteiger partial charge in [-0.25, -0.2) is 13.1 Å². The summed E-state index contributed by atoms with van der Waals surface area (Å²) in [5.74, 6) is 0.517. The third-order valence-corrected chi connectivity index (χ3v) is 6.26. The number of nitrogens with zero attached hydrogens (tertiary/aromatic N) is 4. The fourth-order valence-corrected chi connectivity index (χ4v) is 4.57. The van der Waals surface area contributed by atoms with Crippen LogP contribution in [-0.4, -0.2) is 34.3 Å². The van der Waals surface area contributed by atoms with Gasteiger partial charge in [0.1, 0.15) is 0 Å². The third-order valence-electron chi connectivity index (χ3n) is 4.60. The summed E-state index contributed by atoms with van der Waals surface area (Å²) in [4.78, 5) is 0.191. The molecule has 4 rings (SSSR count). The van der Waals surface area contributed by atoms with Crippen molar-refractivity contribution in [2.45, 2.75) is 38.6 Å². The largest absolute Gasteiger partial charge is 0.240 e. The number of fused-ring (bicyclic) bond motifs is 3. The van der Waals surface area contributed by atoms with E-state index in [2.05, 4.69) is 20.0 Å². The molecular weight excluding hydrogens is 374 g/mol. The lowest BCUT2D eigenvalue weighted by Gasteiger charge is -2.12. The molecule has 1 N–H and O–H groups in total. The maximum Gasteiger partial charge on any atom is 0.240 e. The van der Waals surface area contributed by atoms with E-state index in [0.29, 0.717) is 17.0 Å². The summed E-state index contributed by atoms with van der Waals surface area (Å²) < 4.78 is 29.5. The minimum atomic E-state index is -3.61. The standard InChI is InChI=1S/C20H21N5O2S/c1-12(2)24-28(26,27)15-10-9-13(3)18(11-15)20-22-21-19-17-8-6-5-7-16(17)14(4)23-25(19)20/h5-12,24H,1-4H3. The summed E-state index contributed by atoms with van der Waals surface area (Å²) >= 11 is 0. The number of nitrogens with one attached hydrogen (secondary N) is 1. The third kappa shape index (κ3) is 3.04. The van der Waals surface area contributed by atoms with Gasteiger partial charge >= 0.3 is 0 Å². The van der Waals surface area contributed by atoms with E-state index in [1.807, 2.05) is 38.1 Å². The molecule has 8 heteroatoms. The summed E-state index contributed by atoms with van der Waals surface area (Å²) in [6, 6.07) is 12.7. The van der Waals surface area contributed by atoms with E-state index in [1.165, 1.54) is 0 Å². The Morgan fingerprint density at radius 3 is 2.43 bits per heavy atom. The number of aryl methyl sites for hydroxylation is 2. The first-order valence-corrected chi connectivity index (χ1v) is 10.5. The van der Waals surface area contributed by atoms with Crippen LogP contribution in [0.1, 0.15) is 25.1 Å². The fourth-order valence-electron chi connectivity index (χ4n) is 3.30. The van der Waals surface area contributed by atoms with E-state index < -0.39 is 10.0 Å². The van der Waals surface area contributed by atoms with Gasteiger partial charge in [0.2, 0.25) is 10.0 Å². The minimum absolute atomic E-state index is 0.191. The average molecular weight is 395 g/mol. The Balaban J connectivity index is 1.95. The van der Waals surface area contributed by atoms with Gasteiger partial charge in [-0.05, 0) is 45.4 Å². The molecule has 0 bridgehead atoms. The summed E-state index contributed by atoms with van der Waals surface area (Å²) in [7, 11) is -3.61. The van der Waals surface area contributed by atoms with E-state index in [9.17, 15) is 8.42 Å². The Morgan fingerprint density at radius 2 is 1.71 bits per heavy atom. The molecule has 0 amide bonds. The summed E-state index contributed by atoms with van der Waals surface area (Å²) in [5, 5.41) is 15.3. The first-order valence-electron chi connectivity index (χ1n) is 9.02. The van der Waals surface area contributed by atoms with Gasteiger partial charge in [0.05, 0.1) is 10.6 Å². The van der Waals surface area contributed by atoms with E-state index >= 15 is 0 Å². The molecule has 7 nitrogen and oxygen atoms in total. The second kappa shape index (κ2) is 6.65. The Hall–Kier alpha value is -2.84.